The van der Waals surface area contributed by atoms with Gasteiger partial charge in [0.2, 0.25) is 18.9 Å². The Balaban J connectivity index is 0.904. The second-order valence-corrected chi connectivity index (χ2v) is 19.8. The van der Waals surface area contributed by atoms with Crippen molar-refractivity contribution in [2.24, 2.45) is 35.5 Å². The van der Waals surface area contributed by atoms with Crippen LogP contribution in [0.2, 0.25) is 0 Å². The average Bonchev–Trinajstić information content (AvgIpc) is 4.18. The Kier molecular flexibility index (Phi) is 17.3. The van der Waals surface area contributed by atoms with Crippen molar-refractivity contribution in [1.29, 1.82) is 0 Å². The summed E-state index contributed by atoms with van der Waals surface area (Å²) in [5.74, 6) is -8.35. The molecule has 76 heavy (non-hydrogen) atoms. The molecule has 0 spiro atoms. The van der Waals surface area contributed by atoms with Crippen LogP contribution in [0.4, 0.5) is 0 Å². The van der Waals surface area contributed by atoms with E-state index in [1.54, 1.807) is 18.2 Å². The predicted molar refractivity (Wildman–Crippen MR) is 239 cm³/mol. The number of aliphatic carboxylic acids is 1. The first-order chi connectivity index (χ1) is 36.4. The summed E-state index contributed by atoms with van der Waals surface area (Å²) in [6, 6.07) is 0. The standard InChI is InChI=1S/C48H62O28/c49-7-16-1-4-20-23(14-69-43(28(16)20)74-46-37(59)34(56)31(53)25(8-50)71-46)41(64)67-12-18-3-6-21-24(15-70-45(30(18)21)76-48-39(61)36(58)33(55)27(10-52)73-48)42(65)66-11-17-2-5-19-22(40(62)63)13-68-44(29(17)19)75-47-38(60)35(57)32(54)26(9-51)72-47/h1-3,13-15,19-21,25-39,43-61H,4-12H2,(H,62,63)/t19-,20-,21-,25-,26-,27-,28-,29-,30-,31-,32-,33-,34+,35+,36+,37-,38-,39-,43+,44+,45+,46+,47+,48+/m0/s1. The highest BCUT2D eigenvalue weighted by Crippen LogP contribution is 2.48. The van der Waals surface area contributed by atoms with Crippen LogP contribution in [0, 0.1) is 35.5 Å². The van der Waals surface area contributed by atoms with Crippen molar-refractivity contribution < 1.29 is 138 Å². The fraction of sp³-hybridized carbons (Fsp3) is 0.688. The molecule has 0 amide bonds. The lowest BCUT2D eigenvalue weighted by Gasteiger charge is -2.43. The number of aliphatic hydroxyl groups is 13. The first-order valence-corrected chi connectivity index (χ1v) is 24.6. The minimum atomic E-state index is -1.87. The Bertz CT molecular complexity index is 2330. The van der Waals surface area contributed by atoms with Gasteiger partial charge in [-0.1, -0.05) is 18.2 Å². The van der Waals surface area contributed by atoms with Crippen LogP contribution in [-0.2, 0) is 66.5 Å². The number of allylic oxidation sites excluding steroid dienone is 3. The summed E-state index contributed by atoms with van der Waals surface area (Å²) in [4.78, 5) is 40.5. The van der Waals surface area contributed by atoms with E-state index in [-0.39, 0.29) is 36.0 Å². The zero-order valence-electron chi connectivity index (χ0n) is 40.2. The lowest BCUT2D eigenvalue weighted by atomic mass is 9.83. The number of fused-ring (bicyclic) bond motifs is 3. The Hall–Kier alpha value is -4.51. The molecule has 3 aliphatic carbocycles. The first-order valence-electron chi connectivity index (χ1n) is 24.6. The third kappa shape index (κ3) is 10.6. The smallest absolute Gasteiger partial charge is 0.337 e. The molecule has 24 atom stereocenters. The molecule has 0 aromatic heterocycles. The number of aliphatic hydroxyl groups excluding tert-OH is 13. The molecule has 14 N–H and O–H groups in total. The van der Waals surface area contributed by atoms with Gasteiger partial charge < -0.3 is 124 Å². The molecular formula is C48H62O28. The van der Waals surface area contributed by atoms with E-state index < -0.39 is 204 Å². The third-order valence-electron chi connectivity index (χ3n) is 15.5. The van der Waals surface area contributed by atoms with Crippen LogP contribution in [0.15, 0.2) is 70.5 Å². The summed E-state index contributed by atoms with van der Waals surface area (Å²) >= 11 is 0. The van der Waals surface area contributed by atoms with E-state index in [2.05, 4.69) is 0 Å². The van der Waals surface area contributed by atoms with Crippen molar-refractivity contribution in [2.75, 3.05) is 39.6 Å². The van der Waals surface area contributed by atoms with Crippen molar-refractivity contribution in [1.82, 2.24) is 0 Å². The number of carbonyl (C=O) groups is 3. The van der Waals surface area contributed by atoms with Gasteiger partial charge in [-0.3, -0.25) is 0 Å². The van der Waals surface area contributed by atoms with Gasteiger partial charge in [0.15, 0.2) is 18.9 Å². The van der Waals surface area contributed by atoms with Crippen molar-refractivity contribution in [2.45, 2.75) is 130 Å². The Morgan fingerprint density at radius 2 is 0.750 bits per heavy atom. The lowest BCUT2D eigenvalue weighted by molar-refractivity contribution is -0.339. The highest BCUT2D eigenvalue weighted by molar-refractivity contribution is 5.90. The molecule has 0 aromatic rings. The number of carboxylic acid groups (broad SMARTS) is 1. The summed E-state index contributed by atoms with van der Waals surface area (Å²) in [6.07, 6.45) is -20.7. The maximum atomic E-state index is 14.2. The van der Waals surface area contributed by atoms with Crippen molar-refractivity contribution >= 4 is 17.9 Å². The SMILES string of the molecule is O=C(O)C1=CO[C@H](O[C@H]2O[C@@H](CO)[C@H](O)[C@@H](O)[C@@H]2O)[C@H]2C(COC(=O)C3=CO[C@H](O[C@H]4O[C@@H](CO)[C@H](O)[C@@H](O)[C@@H]4O)[C@H]4C(COC(=O)C5=CO[C@H](O[C@H]6O[C@@H](CO)[C@H](O)[C@@H](O)[C@@H]6O)[C@H]6C(CO)=CC[C@@H]56)=CC[C@@H]34)=CC[C@@H]12. The maximum Gasteiger partial charge on any atom is 0.337 e. The number of carbonyl (C=O) groups excluding carboxylic acids is 2. The van der Waals surface area contributed by atoms with Crippen LogP contribution in [0.3, 0.4) is 0 Å². The van der Waals surface area contributed by atoms with Gasteiger partial charge in [0.1, 0.15) is 86.5 Å². The van der Waals surface area contributed by atoms with Crippen LogP contribution >= 0.6 is 0 Å². The van der Waals surface area contributed by atoms with E-state index in [0.717, 1.165) is 18.8 Å². The number of carboxylic acids is 1. The topological polar surface area (TPSA) is 436 Å². The van der Waals surface area contributed by atoms with Gasteiger partial charge >= 0.3 is 17.9 Å². The zero-order valence-corrected chi connectivity index (χ0v) is 40.2. The summed E-state index contributed by atoms with van der Waals surface area (Å²) in [5.41, 5.74) is 0.851. The van der Waals surface area contributed by atoms with Gasteiger partial charge in [-0.2, -0.15) is 0 Å². The molecule has 3 saturated heterocycles. The minimum absolute atomic E-state index is 0.00490. The van der Waals surface area contributed by atoms with Gasteiger partial charge in [-0.25, -0.2) is 14.4 Å². The second-order valence-electron chi connectivity index (χ2n) is 19.8. The summed E-state index contributed by atoms with van der Waals surface area (Å²) in [7, 11) is 0. The summed E-state index contributed by atoms with van der Waals surface area (Å²) in [6.45, 7) is -3.68. The normalized spacial score (nSPS) is 43.7. The highest BCUT2D eigenvalue weighted by Gasteiger charge is 2.54. The second kappa shape index (κ2) is 23.4. The Labute approximate surface area is 431 Å². The Morgan fingerprint density at radius 1 is 0.434 bits per heavy atom. The number of rotatable bonds is 17. The molecule has 9 aliphatic rings. The molecule has 6 aliphatic heterocycles. The fourth-order valence-electron chi connectivity index (χ4n) is 11.3. The molecule has 0 saturated carbocycles. The van der Waals surface area contributed by atoms with Crippen molar-refractivity contribution in [3.63, 3.8) is 0 Å². The molecule has 0 unspecified atom stereocenters. The quantitative estimate of drug-likeness (QED) is 0.0476. The average molecular weight is 1090 g/mol. The van der Waals surface area contributed by atoms with E-state index in [1.165, 1.54) is 0 Å². The van der Waals surface area contributed by atoms with Gasteiger partial charge in [-0.05, 0) is 36.0 Å². The number of esters is 2. The molecule has 28 nitrogen and oxygen atoms in total. The van der Waals surface area contributed by atoms with E-state index in [9.17, 15) is 85.9 Å². The maximum absolute atomic E-state index is 14.2. The minimum Gasteiger partial charge on any atom is -0.478 e. The van der Waals surface area contributed by atoms with Crippen molar-refractivity contribution in [3.05, 3.63) is 70.5 Å². The van der Waals surface area contributed by atoms with Crippen molar-refractivity contribution in [3.8, 4) is 0 Å². The molecule has 0 radical (unpaired) electrons. The van der Waals surface area contributed by atoms with Crippen LogP contribution in [0.25, 0.3) is 0 Å². The van der Waals surface area contributed by atoms with Gasteiger partial charge in [0.05, 0.1) is 79.7 Å². The van der Waals surface area contributed by atoms with Crippen LogP contribution in [0.1, 0.15) is 19.3 Å². The molecule has 3 fully saturated rings. The molecule has 6 heterocycles. The first kappa shape index (κ1) is 56.2. The van der Waals surface area contributed by atoms with Gasteiger partial charge in [-0.15, -0.1) is 0 Å². The summed E-state index contributed by atoms with van der Waals surface area (Å²) in [5, 5.41) is 144. The van der Waals surface area contributed by atoms with E-state index >= 15 is 0 Å². The van der Waals surface area contributed by atoms with E-state index in [1.807, 2.05) is 0 Å². The predicted octanol–water partition coefficient (Wildman–Crippen LogP) is -5.99. The Morgan fingerprint density at radius 3 is 1.08 bits per heavy atom. The van der Waals surface area contributed by atoms with E-state index in [0.29, 0.717) is 16.7 Å². The number of ether oxygens (including phenoxy) is 11. The van der Waals surface area contributed by atoms with Crippen LogP contribution in [-0.4, -0.2) is 240 Å². The summed E-state index contributed by atoms with van der Waals surface area (Å²) < 4.78 is 63.6. The number of hydrogen-bond acceptors (Lipinski definition) is 27. The molecule has 0 aromatic carbocycles. The molecule has 422 valence electrons. The lowest BCUT2D eigenvalue weighted by Crippen LogP contribution is -2.60. The molecule has 0 bridgehead atoms. The monoisotopic (exact) mass is 1090 g/mol. The van der Waals surface area contributed by atoms with Crippen LogP contribution in [0.5, 0.6) is 0 Å². The molecular weight excluding hydrogens is 1020 g/mol. The van der Waals surface area contributed by atoms with Gasteiger partial charge in [0.25, 0.3) is 0 Å². The van der Waals surface area contributed by atoms with Crippen LogP contribution < -0.4 is 0 Å². The zero-order chi connectivity index (χ0) is 54.4. The molecule has 28 heteroatoms. The third-order valence-corrected chi connectivity index (χ3v) is 15.5. The highest BCUT2D eigenvalue weighted by atomic mass is 16.8. The number of hydrogen-bond donors (Lipinski definition) is 14. The largest absolute Gasteiger partial charge is 0.478 e. The van der Waals surface area contributed by atoms with E-state index in [4.69, 9.17) is 52.1 Å². The fourth-order valence-corrected chi connectivity index (χ4v) is 11.3. The van der Waals surface area contributed by atoms with Gasteiger partial charge in [0, 0.05) is 17.8 Å². The molecule has 9 rings (SSSR count).